The number of aryl methyl sites for hydroxylation is 2. The van der Waals surface area contributed by atoms with E-state index in [4.69, 9.17) is 0 Å². The zero-order valence-corrected chi connectivity index (χ0v) is 14.5. The molecule has 1 unspecified atom stereocenters. The van der Waals surface area contributed by atoms with Crippen molar-refractivity contribution in [1.82, 2.24) is 10.3 Å². The molecule has 0 saturated heterocycles. The molecule has 1 N–H and O–H groups in total. The van der Waals surface area contributed by atoms with Crippen molar-refractivity contribution in [3.63, 3.8) is 0 Å². The monoisotopic (exact) mass is 386 g/mol. The van der Waals surface area contributed by atoms with Crippen LogP contribution in [0.1, 0.15) is 34.8 Å². The number of rotatable bonds is 5. The molecule has 0 aliphatic carbocycles. The summed E-state index contributed by atoms with van der Waals surface area (Å²) in [4.78, 5) is 4.59. The molecule has 0 saturated carbocycles. The summed E-state index contributed by atoms with van der Waals surface area (Å²) in [7, 11) is 0. The normalized spacial score (nSPS) is 12.6. The van der Waals surface area contributed by atoms with Crippen LogP contribution in [-0.4, -0.2) is 11.5 Å². The van der Waals surface area contributed by atoms with E-state index in [0.717, 1.165) is 18.7 Å². The van der Waals surface area contributed by atoms with Crippen LogP contribution in [-0.2, 0) is 6.42 Å². The van der Waals surface area contributed by atoms with Crippen molar-refractivity contribution in [3.05, 3.63) is 49.0 Å². The lowest BCUT2D eigenvalue weighted by Gasteiger charge is -2.19. The second kappa shape index (κ2) is 6.81. The third-order valence-corrected chi connectivity index (χ3v) is 5.56. The fourth-order valence-corrected chi connectivity index (χ4v) is 3.70. The zero-order valence-electron chi connectivity index (χ0n) is 11.5. The van der Waals surface area contributed by atoms with Gasteiger partial charge in [-0.2, -0.15) is 0 Å². The lowest BCUT2D eigenvalue weighted by atomic mass is 10.0. The van der Waals surface area contributed by atoms with Gasteiger partial charge in [0.25, 0.3) is 0 Å². The molecule has 2 aromatic rings. The molecule has 1 atom stereocenters. The topological polar surface area (TPSA) is 24.9 Å². The average molecular weight is 386 g/mol. The molecule has 2 nitrogen and oxygen atoms in total. The average Bonchev–Trinajstić information content (AvgIpc) is 2.78. The van der Waals surface area contributed by atoms with Crippen LogP contribution in [0.15, 0.2) is 23.6 Å². The largest absolute Gasteiger partial charge is 0.310 e. The molecule has 2 rings (SSSR count). The number of halogens is 1. The molecule has 1 aromatic carbocycles. The number of hydrogen-bond acceptors (Lipinski definition) is 3. The Labute approximate surface area is 132 Å². The molecule has 0 bridgehead atoms. The summed E-state index contributed by atoms with van der Waals surface area (Å²) < 4.78 is 1.36. The van der Waals surface area contributed by atoms with Gasteiger partial charge in [-0.05, 0) is 54.1 Å². The Kier molecular flexibility index (Phi) is 5.36. The van der Waals surface area contributed by atoms with Crippen LogP contribution in [0.5, 0.6) is 0 Å². The minimum Gasteiger partial charge on any atom is -0.310 e. The van der Waals surface area contributed by atoms with E-state index < -0.39 is 0 Å². The Morgan fingerprint density at radius 3 is 2.79 bits per heavy atom. The van der Waals surface area contributed by atoms with Crippen molar-refractivity contribution in [2.24, 2.45) is 0 Å². The van der Waals surface area contributed by atoms with Crippen LogP contribution in [0.4, 0.5) is 0 Å². The Morgan fingerprint density at radius 1 is 1.37 bits per heavy atom. The molecule has 1 aromatic heterocycles. The Bertz CT molecular complexity index is 551. The van der Waals surface area contributed by atoms with E-state index in [1.807, 2.05) is 0 Å². The van der Waals surface area contributed by atoms with Gasteiger partial charge in [0.2, 0.25) is 0 Å². The standard InChI is InChI=1S/C15H19IN2S/c1-4-17-13(8-14-18-11(3)9-19-14)12-7-5-6-10(2)15(12)16/h5-7,9,13,17H,4,8H2,1-3H3. The SMILES string of the molecule is CCNC(Cc1nc(C)cs1)c1cccc(C)c1I. The molecule has 0 aliphatic rings. The highest BCUT2D eigenvalue weighted by Crippen LogP contribution is 2.26. The van der Waals surface area contributed by atoms with E-state index >= 15 is 0 Å². The van der Waals surface area contributed by atoms with Gasteiger partial charge in [-0.3, -0.25) is 0 Å². The lowest BCUT2D eigenvalue weighted by Crippen LogP contribution is -2.24. The van der Waals surface area contributed by atoms with Crippen LogP contribution in [0.25, 0.3) is 0 Å². The number of thiazole rings is 1. The van der Waals surface area contributed by atoms with Gasteiger partial charge >= 0.3 is 0 Å². The van der Waals surface area contributed by atoms with Gasteiger partial charge < -0.3 is 5.32 Å². The highest BCUT2D eigenvalue weighted by Gasteiger charge is 2.16. The summed E-state index contributed by atoms with van der Waals surface area (Å²) >= 11 is 4.21. The van der Waals surface area contributed by atoms with Crippen molar-refractivity contribution in [3.8, 4) is 0 Å². The van der Waals surface area contributed by atoms with Gasteiger partial charge in [0.15, 0.2) is 0 Å². The number of nitrogens with zero attached hydrogens (tertiary/aromatic N) is 1. The lowest BCUT2D eigenvalue weighted by molar-refractivity contribution is 0.546. The van der Waals surface area contributed by atoms with E-state index in [9.17, 15) is 0 Å². The smallest absolute Gasteiger partial charge is 0.0947 e. The Hall–Kier alpha value is -0.460. The maximum absolute atomic E-state index is 4.59. The molecule has 0 aliphatic heterocycles. The summed E-state index contributed by atoms with van der Waals surface area (Å²) in [5.74, 6) is 0. The van der Waals surface area contributed by atoms with Gasteiger partial charge in [0.1, 0.15) is 0 Å². The molecule has 4 heteroatoms. The van der Waals surface area contributed by atoms with Gasteiger partial charge in [0.05, 0.1) is 5.01 Å². The van der Waals surface area contributed by atoms with E-state index in [0.29, 0.717) is 6.04 Å². The number of aromatic nitrogens is 1. The summed E-state index contributed by atoms with van der Waals surface area (Å²) in [5.41, 5.74) is 3.85. The second-order valence-corrected chi connectivity index (χ2v) is 6.70. The first-order chi connectivity index (χ1) is 9.11. The third kappa shape index (κ3) is 3.77. The summed E-state index contributed by atoms with van der Waals surface area (Å²) in [6.45, 7) is 7.35. The maximum Gasteiger partial charge on any atom is 0.0947 e. The highest BCUT2D eigenvalue weighted by atomic mass is 127. The van der Waals surface area contributed by atoms with Crippen molar-refractivity contribution in [2.75, 3.05) is 6.54 Å². The molecule has 0 fully saturated rings. The van der Waals surface area contributed by atoms with Crippen LogP contribution < -0.4 is 5.32 Å². The van der Waals surface area contributed by atoms with Crippen LogP contribution in [0.2, 0.25) is 0 Å². The molecule has 1 heterocycles. The Morgan fingerprint density at radius 2 is 2.16 bits per heavy atom. The van der Waals surface area contributed by atoms with Gasteiger partial charge in [-0.25, -0.2) is 4.98 Å². The molecule has 0 amide bonds. The minimum atomic E-state index is 0.349. The summed E-state index contributed by atoms with van der Waals surface area (Å²) in [6.07, 6.45) is 0.964. The highest BCUT2D eigenvalue weighted by molar-refractivity contribution is 14.1. The first kappa shape index (κ1) is 14.9. The van der Waals surface area contributed by atoms with Crippen molar-refractivity contribution < 1.29 is 0 Å². The van der Waals surface area contributed by atoms with Crippen LogP contribution in [0, 0.1) is 17.4 Å². The van der Waals surface area contributed by atoms with Crippen LogP contribution in [0.3, 0.4) is 0 Å². The predicted octanol–water partition coefficient (Wildman–Crippen LogP) is 4.26. The van der Waals surface area contributed by atoms with Gasteiger partial charge in [0, 0.05) is 27.1 Å². The number of benzene rings is 1. The minimum absolute atomic E-state index is 0.349. The van der Waals surface area contributed by atoms with Crippen molar-refractivity contribution in [2.45, 2.75) is 33.2 Å². The van der Waals surface area contributed by atoms with Crippen molar-refractivity contribution in [1.29, 1.82) is 0 Å². The van der Waals surface area contributed by atoms with Gasteiger partial charge in [-0.15, -0.1) is 11.3 Å². The third-order valence-electron chi connectivity index (χ3n) is 3.09. The summed E-state index contributed by atoms with van der Waals surface area (Å²) in [6, 6.07) is 6.89. The van der Waals surface area contributed by atoms with E-state index in [1.54, 1.807) is 11.3 Å². The zero-order chi connectivity index (χ0) is 13.8. The number of likely N-dealkylation sites (N-methyl/N-ethyl adjacent to an activating group) is 1. The Balaban J connectivity index is 2.26. The number of hydrogen-bond donors (Lipinski definition) is 1. The fourth-order valence-electron chi connectivity index (χ4n) is 2.15. The number of nitrogens with one attached hydrogen (secondary N) is 1. The fraction of sp³-hybridized carbons (Fsp3) is 0.400. The van der Waals surface area contributed by atoms with Crippen molar-refractivity contribution >= 4 is 33.9 Å². The predicted molar refractivity (Wildman–Crippen MR) is 90.9 cm³/mol. The quantitative estimate of drug-likeness (QED) is 0.777. The van der Waals surface area contributed by atoms with E-state index in [-0.39, 0.29) is 0 Å². The maximum atomic E-state index is 4.59. The molecule has 19 heavy (non-hydrogen) atoms. The van der Waals surface area contributed by atoms with Crippen LogP contribution >= 0.6 is 33.9 Å². The molecular formula is C15H19IN2S. The summed E-state index contributed by atoms with van der Waals surface area (Å²) in [5, 5.41) is 6.92. The van der Waals surface area contributed by atoms with Gasteiger partial charge in [-0.1, -0.05) is 25.1 Å². The molecule has 102 valence electrons. The first-order valence-corrected chi connectivity index (χ1v) is 8.47. The van der Waals surface area contributed by atoms with E-state index in [2.05, 4.69) is 77.2 Å². The van der Waals surface area contributed by atoms with E-state index in [1.165, 1.54) is 19.7 Å². The molecular weight excluding hydrogens is 367 g/mol. The second-order valence-electron chi connectivity index (χ2n) is 4.68. The molecule has 0 spiro atoms. The first-order valence-electron chi connectivity index (χ1n) is 6.51. The molecule has 0 radical (unpaired) electrons.